The minimum atomic E-state index is 0.200. The number of hydrogen-bond acceptors (Lipinski definition) is 3. The van der Waals surface area contributed by atoms with E-state index in [1.54, 1.807) is 13.2 Å². The van der Waals surface area contributed by atoms with E-state index in [1.807, 2.05) is 17.0 Å². The second-order valence-corrected chi connectivity index (χ2v) is 7.29. The maximum absolute atomic E-state index is 12.6. The number of nitrogens with zero attached hydrogens (tertiary/aromatic N) is 2. The van der Waals surface area contributed by atoms with Crippen LogP contribution in [0, 0.1) is 0 Å². The van der Waals surface area contributed by atoms with Gasteiger partial charge in [0.1, 0.15) is 0 Å². The van der Waals surface area contributed by atoms with Gasteiger partial charge in [-0.25, -0.2) is 0 Å². The van der Waals surface area contributed by atoms with Crippen molar-refractivity contribution in [3.8, 4) is 0 Å². The molecule has 1 amide bonds. The molecule has 0 aromatic heterocycles. The number of rotatable bonds is 6. The molecule has 0 bridgehead atoms. The summed E-state index contributed by atoms with van der Waals surface area (Å²) in [5, 5.41) is 1.08. The number of aryl methyl sites for hydroxylation is 1. The lowest BCUT2D eigenvalue weighted by Gasteiger charge is -2.44. The fourth-order valence-corrected chi connectivity index (χ4v) is 3.62. The number of piperazine rings is 1. The van der Waals surface area contributed by atoms with Gasteiger partial charge in [0.05, 0.1) is 16.7 Å². The predicted octanol–water partition coefficient (Wildman–Crippen LogP) is 3.49. The highest BCUT2D eigenvalue weighted by Gasteiger charge is 2.31. The number of carbonyl (C=O) groups excluding carboxylic acids is 1. The lowest BCUT2D eigenvalue weighted by molar-refractivity contribution is -0.135. The first-order valence-electron chi connectivity index (χ1n) is 8.38. The molecular formula is C18H26Cl2N2O2. The molecule has 2 unspecified atom stereocenters. The number of benzene rings is 1. The van der Waals surface area contributed by atoms with Gasteiger partial charge in [-0.15, -0.1) is 0 Å². The van der Waals surface area contributed by atoms with Gasteiger partial charge in [0, 0.05) is 45.2 Å². The van der Waals surface area contributed by atoms with E-state index in [2.05, 4.69) is 18.7 Å². The lowest BCUT2D eigenvalue weighted by atomic mass is 10.1. The van der Waals surface area contributed by atoms with Crippen LogP contribution in [0.5, 0.6) is 0 Å². The molecule has 2 atom stereocenters. The molecule has 1 heterocycles. The van der Waals surface area contributed by atoms with Gasteiger partial charge < -0.3 is 9.64 Å². The molecule has 134 valence electrons. The van der Waals surface area contributed by atoms with E-state index in [1.165, 1.54) is 0 Å². The van der Waals surface area contributed by atoms with Crippen molar-refractivity contribution in [2.45, 2.75) is 38.8 Å². The Hall–Kier alpha value is -0.810. The van der Waals surface area contributed by atoms with Crippen LogP contribution in [0.2, 0.25) is 10.0 Å². The number of amides is 1. The van der Waals surface area contributed by atoms with E-state index in [0.717, 1.165) is 31.8 Å². The molecule has 6 heteroatoms. The van der Waals surface area contributed by atoms with Crippen molar-refractivity contribution in [3.63, 3.8) is 0 Å². The highest BCUT2D eigenvalue weighted by Crippen LogP contribution is 2.23. The number of methoxy groups -OCH3 is 1. The topological polar surface area (TPSA) is 32.8 Å². The van der Waals surface area contributed by atoms with Crippen LogP contribution in [0.15, 0.2) is 18.2 Å². The Morgan fingerprint density at radius 3 is 2.46 bits per heavy atom. The number of carbonyl (C=O) groups is 1. The van der Waals surface area contributed by atoms with E-state index in [4.69, 9.17) is 27.9 Å². The van der Waals surface area contributed by atoms with Crippen molar-refractivity contribution in [2.75, 3.05) is 33.4 Å². The van der Waals surface area contributed by atoms with Crippen LogP contribution in [0.1, 0.15) is 25.8 Å². The molecule has 1 aliphatic heterocycles. The van der Waals surface area contributed by atoms with Crippen molar-refractivity contribution < 1.29 is 9.53 Å². The summed E-state index contributed by atoms with van der Waals surface area (Å²) in [7, 11) is 1.72. The highest BCUT2D eigenvalue weighted by atomic mass is 35.5. The maximum atomic E-state index is 12.6. The van der Waals surface area contributed by atoms with Crippen molar-refractivity contribution in [1.29, 1.82) is 0 Å². The van der Waals surface area contributed by atoms with E-state index in [-0.39, 0.29) is 5.91 Å². The van der Waals surface area contributed by atoms with Gasteiger partial charge in [-0.3, -0.25) is 9.69 Å². The monoisotopic (exact) mass is 372 g/mol. The van der Waals surface area contributed by atoms with Crippen molar-refractivity contribution in [1.82, 2.24) is 9.80 Å². The molecular weight excluding hydrogens is 347 g/mol. The molecule has 0 radical (unpaired) electrons. The summed E-state index contributed by atoms with van der Waals surface area (Å²) in [5.41, 5.74) is 1.04. The average Bonchev–Trinajstić information content (AvgIpc) is 2.54. The molecule has 4 nitrogen and oxygen atoms in total. The first-order valence-corrected chi connectivity index (χ1v) is 9.14. The first kappa shape index (κ1) is 19.5. The molecule has 0 saturated carbocycles. The van der Waals surface area contributed by atoms with E-state index in [0.29, 0.717) is 35.0 Å². The molecule has 0 aliphatic carbocycles. The van der Waals surface area contributed by atoms with Crippen LogP contribution < -0.4 is 0 Å². The Kier molecular flexibility index (Phi) is 7.35. The quantitative estimate of drug-likeness (QED) is 0.765. The molecule has 24 heavy (non-hydrogen) atoms. The summed E-state index contributed by atoms with van der Waals surface area (Å²) in [4.78, 5) is 17.0. The minimum Gasteiger partial charge on any atom is -0.383 e. The SMILES string of the molecule is COCCN1C(C)CN(C(=O)CCc2ccc(Cl)c(Cl)c2)CC1C. The van der Waals surface area contributed by atoms with Gasteiger partial charge >= 0.3 is 0 Å². The fraction of sp³-hybridized carbons (Fsp3) is 0.611. The Morgan fingerprint density at radius 1 is 1.21 bits per heavy atom. The second-order valence-electron chi connectivity index (χ2n) is 6.48. The number of ether oxygens (including phenoxy) is 1. The third kappa shape index (κ3) is 5.09. The third-order valence-corrected chi connectivity index (χ3v) is 5.36. The van der Waals surface area contributed by atoms with Gasteiger partial charge in [0.2, 0.25) is 5.91 Å². The van der Waals surface area contributed by atoms with Gasteiger partial charge in [-0.1, -0.05) is 29.3 Å². The summed E-state index contributed by atoms with van der Waals surface area (Å²) in [6.45, 7) is 7.52. The van der Waals surface area contributed by atoms with Crippen molar-refractivity contribution >= 4 is 29.1 Å². The van der Waals surface area contributed by atoms with Gasteiger partial charge in [-0.2, -0.15) is 0 Å². The summed E-state index contributed by atoms with van der Waals surface area (Å²) in [5.74, 6) is 0.200. The molecule has 1 saturated heterocycles. The van der Waals surface area contributed by atoms with Crippen LogP contribution in [-0.2, 0) is 16.0 Å². The van der Waals surface area contributed by atoms with Gasteiger partial charge in [0.25, 0.3) is 0 Å². The van der Waals surface area contributed by atoms with Crippen LogP contribution in [0.4, 0.5) is 0 Å². The number of halogens is 2. The first-order chi connectivity index (χ1) is 11.4. The second kappa shape index (κ2) is 9.04. The van der Waals surface area contributed by atoms with Gasteiger partial charge in [-0.05, 0) is 38.0 Å². The van der Waals surface area contributed by atoms with E-state index in [9.17, 15) is 4.79 Å². The van der Waals surface area contributed by atoms with E-state index < -0.39 is 0 Å². The molecule has 1 fully saturated rings. The van der Waals surface area contributed by atoms with Crippen molar-refractivity contribution in [3.05, 3.63) is 33.8 Å². The largest absolute Gasteiger partial charge is 0.383 e. The summed E-state index contributed by atoms with van der Waals surface area (Å²) < 4.78 is 5.18. The van der Waals surface area contributed by atoms with Crippen LogP contribution in [-0.4, -0.2) is 61.1 Å². The zero-order valence-electron chi connectivity index (χ0n) is 14.6. The van der Waals surface area contributed by atoms with Crippen LogP contribution in [0.3, 0.4) is 0 Å². The molecule has 1 aromatic rings. The third-order valence-electron chi connectivity index (χ3n) is 4.62. The average molecular weight is 373 g/mol. The Morgan fingerprint density at radius 2 is 1.88 bits per heavy atom. The zero-order chi connectivity index (χ0) is 17.7. The van der Waals surface area contributed by atoms with Crippen LogP contribution in [0.25, 0.3) is 0 Å². The minimum absolute atomic E-state index is 0.200. The number of hydrogen-bond donors (Lipinski definition) is 0. The zero-order valence-corrected chi connectivity index (χ0v) is 16.1. The summed E-state index contributed by atoms with van der Waals surface area (Å²) in [6.07, 6.45) is 1.18. The van der Waals surface area contributed by atoms with Gasteiger partial charge in [0.15, 0.2) is 0 Å². The fourth-order valence-electron chi connectivity index (χ4n) is 3.30. The lowest BCUT2D eigenvalue weighted by Crippen LogP contribution is -2.58. The summed E-state index contributed by atoms with van der Waals surface area (Å²) >= 11 is 12.0. The molecule has 0 spiro atoms. The van der Waals surface area contributed by atoms with Crippen LogP contribution >= 0.6 is 23.2 Å². The highest BCUT2D eigenvalue weighted by molar-refractivity contribution is 6.42. The Balaban J connectivity index is 1.87. The standard InChI is InChI=1S/C18H26Cl2N2O2/c1-13-11-21(12-14(2)22(13)8-9-24-3)18(23)7-5-15-4-6-16(19)17(20)10-15/h4,6,10,13-14H,5,7-9,11-12H2,1-3H3. The molecule has 2 rings (SSSR count). The Bertz CT molecular complexity index is 556. The molecule has 0 N–H and O–H groups in total. The van der Waals surface area contributed by atoms with Crippen molar-refractivity contribution in [2.24, 2.45) is 0 Å². The Labute approximate surface area is 154 Å². The smallest absolute Gasteiger partial charge is 0.223 e. The van der Waals surface area contributed by atoms with E-state index >= 15 is 0 Å². The predicted molar refractivity (Wildman–Crippen MR) is 98.9 cm³/mol. The summed E-state index contributed by atoms with van der Waals surface area (Å²) in [6, 6.07) is 6.24. The normalized spacial score (nSPS) is 22.0. The molecule has 1 aliphatic rings. The maximum Gasteiger partial charge on any atom is 0.223 e. The molecule has 1 aromatic carbocycles.